The molecule has 2 aromatic rings. The molecule has 0 aliphatic carbocycles. The summed E-state index contributed by atoms with van der Waals surface area (Å²) in [5, 5.41) is 0.634. The lowest BCUT2D eigenvalue weighted by atomic mass is 10.0. The van der Waals surface area contributed by atoms with Gasteiger partial charge in [-0.15, -0.1) is 0 Å². The molecule has 20 heavy (non-hydrogen) atoms. The van der Waals surface area contributed by atoms with E-state index in [9.17, 15) is 0 Å². The van der Waals surface area contributed by atoms with Crippen LogP contribution < -0.4 is 5.73 Å². The Morgan fingerprint density at radius 1 is 1.15 bits per heavy atom. The van der Waals surface area contributed by atoms with Gasteiger partial charge in [0.25, 0.3) is 0 Å². The summed E-state index contributed by atoms with van der Waals surface area (Å²) in [6.07, 6.45) is 2.48. The van der Waals surface area contributed by atoms with E-state index in [1.54, 1.807) is 0 Å². The standard InChI is InChI=1S/C17H19ClN2/c18-15-9-8-13(11-16(15)19)12-20-10-4-7-17(20)14-5-2-1-3-6-14/h1-3,5-6,8-9,11,17H,4,7,10,12,19H2. The number of nitrogens with two attached hydrogens (primary N) is 1. The largest absolute Gasteiger partial charge is 0.398 e. The van der Waals surface area contributed by atoms with Crippen LogP contribution in [0.15, 0.2) is 48.5 Å². The van der Waals surface area contributed by atoms with Gasteiger partial charge in [-0.2, -0.15) is 0 Å². The van der Waals surface area contributed by atoms with Gasteiger partial charge in [-0.1, -0.05) is 48.0 Å². The minimum absolute atomic E-state index is 0.521. The van der Waals surface area contributed by atoms with Crippen molar-refractivity contribution in [1.82, 2.24) is 4.90 Å². The molecule has 2 nitrogen and oxygen atoms in total. The van der Waals surface area contributed by atoms with Crippen molar-refractivity contribution in [2.24, 2.45) is 0 Å². The highest BCUT2D eigenvalue weighted by molar-refractivity contribution is 6.33. The second-order valence-electron chi connectivity index (χ2n) is 5.40. The number of benzene rings is 2. The first-order valence-corrected chi connectivity index (χ1v) is 7.45. The highest BCUT2D eigenvalue weighted by atomic mass is 35.5. The van der Waals surface area contributed by atoms with Gasteiger partial charge in [0.1, 0.15) is 0 Å². The third-order valence-corrected chi connectivity index (χ3v) is 4.34. The number of anilines is 1. The number of halogens is 1. The zero-order valence-electron chi connectivity index (χ0n) is 11.4. The summed E-state index contributed by atoms with van der Waals surface area (Å²) in [6.45, 7) is 2.07. The van der Waals surface area contributed by atoms with E-state index in [1.165, 1.54) is 24.0 Å². The number of rotatable bonds is 3. The highest BCUT2D eigenvalue weighted by Crippen LogP contribution is 2.33. The molecule has 2 aromatic carbocycles. The van der Waals surface area contributed by atoms with Gasteiger partial charge in [-0.05, 0) is 42.6 Å². The van der Waals surface area contributed by atoms with E-state index < -0.39 is 0 Å². The van der Waals surface area contributed by atoms with Gasteiger partial charge >= 0.3 is 0 Å². The predicted molar refractivity (Wildman–Crippen MR) is 84.7 cm³/mol. The molecule has 3 heteroatoms. The van der Waals surface area contributed by atoms with E-state index in [0.29, 0.717) is 16.8 Å². The van der Waals surface area contributed by atoms with Crippen LogP contribution in [0, 0.1) is 0 Å². The lowest BCUT2D eigenvalue weighted by molar-refractivity contribution is 0.248. The van der Waals surface area contributed by atoms with Gasteiger partial charge in [0.15, 0.2) is 0 Å². The van der Waals surface area contributed by atoms with E-state index in [1.807, 2.05) is 12.1 Å². The first-order valence-electron chi connectivity index (χ1n) is 7.07. The fourth-order valence-electron chi connectivity index (χ4n) is 2.99. The Balaban J connectivity index is 1.77. The maximum atomic E-state index is 5.98. The molecule has 1 fully saturated rings. The van der Waals surface area contributed by atoms with Crippen LogP contribution in [0.5, 0.6) is 0 Å². The molecule has 1 aliphatic rings. The summed E-state index contributed by atoms with van der Waals surface area (Å²) >= 11 is 5.98. The molecule has 0 amide bonds. The minimum atomic E-state index is 0.521. The van der Waals surface area contributed by atoms with Crippen molar-refractivity contribution in [3.8, 4) is 0 Å². The average Bonchev–Trinajstić information content (AvgIpc) is 2.92. The van der Waals surface area contributed by atoms with E-state index in [-0.39, 0.29) is 0 Å². The fraction of sp³-hybridized carbons (Fsp3) is 0.294. The molecule has 0 saturated carbocycles. The highest BCUT2D eigenvalue weighted by Gasteiger charge is 2.25. The molecule has 1 unspecified atom stereocenters. The second-order valence-corrected chi connectivity index (χ2v) is 5.80. The number of hydrogen-bond donors (Lipinski definition) is 1. The Bertz CT molecular complexity index is 583. The Hall–Kier alpha value is -1.51. The van der Waals surface area contributed by atoms with Crippen molar-refractivity contribution in [1.29, 1.82) is 0 Å². The zero-order valence-corrected chi connectivity index (χ0v) is 12.2. The van der Waals surface area contributed by atoms with E-state index in [2.05, 4.69) is 41.3 Å². The van der Waals surface area contributed by atoms with Crippen LogP contribution >= 0.6 is 11.6 Å². The van der Waals surface area contributed by atoms with Crippen molar-refractivity contribution in [2.75, 3.05) is 12.3 Å². The monoisotopic (exact) mass is 286 g/mol. The molecule has 2 N–H and O–H groups in total. The van der Waals surface area contributed by atoms with Crippen LogP contribution in [0.2, 0.25) is 5.02 Å². The van der Waals surface area contributed by atoms with Crippen LogP contribution in [0.1, 0.15) is 30.0 Å². The van der Waals surface area contributed by atoms with Crippen LogP contribution in [0.4, 0.5) is 5.69 Å². The Morgan fingerprint density at radius 3 is 2.70 bits per heavy atom. The summed E-state index contributed by atoms with van der Waals surface area (Å²) in [5.74, 6) is 0. The SMILES string of the molecule is Nc1cc(CN2CCCC2c2ccccc2)ccc1Cl. The van der Waals surface area contributed by atoms with Gasteiger partial charge in [0.05, 0.1) is 10.7 Å². The molecule has 1 atom stereocenters. The third kappa shape index (κ3) is 2.82. The van der Waals surface area contributed by atoms with Crippen molar-refractivity contribution < 1.29 is 0 Å². The molecule has 0 bridgehead atoms. The first kappa shape index (κ1) is 13.5. The van der Waals surface area contributed by atoms with Gasteiger partial charge < -0.3 is 5.73 Å². The van der Waals surface area contributed by atoms with Crippen LogP contribution in [-0.2, 0) is 6.54 Å². The van der Waals surface area contributed by atoms with Crippen LogP contribution in [-0.4, -0.2) is 11.4 Å². The first-order chi connectivity index (χ1) is 9.74. The summed E-state index contributed by atoms with van der Waals surface area (Å²) in [7, 11) is 0. The van der Waals surface area contributed by atoms with Crippen molar-refractivity contribution >= 4 is 17.3 Å². The average molecular weight is 287 g/mol. The van der Waals surface area contributed by atoms with Crippen molar-refractivity contribution in [3.63, 3.8) is 0 Å². The molecule has 0 spiro atoms. The summed E-state index contributed by atoms with van der Waals surface area (Å²) in [6, 6.07) is 17.2. The number of hydrogen-bond acceptors (Lipinski definition) is 2. The van der Waals surface area contributed by atoms with E-state index in [4.69, 9.17) is 17.3 Å². The van der Waals surface area contributed by atoms with Gasteiger partial charge in [-0.3, -0.25) is 4.90 Å². The second kappa shape index (κ2) is 5.86. The van der Waals surface area contributed by atoms with Gasteiger partial charge in [0, 0.05) is 12.6 Å². The van der Waals surface area contributed by atoms with E-state index >= 15 is 0 Å². The maximum absolute atomic E-state index is 5.98. The molecular weight excluding hydrogens is 268 g/mol. The molecule has 0 radical (unpaired) electrons. The lowest BCUT2D eigenvalue weighted by Crippen LogP contribution is -2.22. The lowest BCUT2D eigenvalue weighted by Gasteiger charge is -2.25. The van der Waals surface area contributed by atoms with Crippen LogP contribution in [0.25, 0.3) is 0 Å². The van der Waals surface area contributed by atoms with Crippen molar-refractivity contribution in [2.45, 2.75) is 25.4 Å². The quantitative estimate of drug-likeness (QED) is 0.854. The molecule has 1 aliphatic heterocycles. The minimum Gasteiger partial charge on any atom is -0.398 e. The number of likely N-dealkylation sites (tertiary alicyclic amines) is 1. The molecule has 3 rings (SSSR count). The summed E-state index contributed by atoms with van der Waals surface area (Å²) in [4.78, 5) is 2.53. The zero-order chi connectivity index (χ0) is 13.9. The molecule has 104 valence electrons. The van der Waals surface area contributed by atoms with Crippen molar-refractivity contribution in [3.05, 3.63) is 64.7 Å². The Labute approximate surface area is 125 Å². The smallest absolute Gasteiger partial charge is 0.0635 e. The summed E-state index contributed by atoms with van der Waals surface area (Å²) in [5.41, 5.74) is 9.20. The van der Waals surface area contributed by atoms with Gasteiger partial charge in [-0.25, -0.2) is 0 Å². The molecule has 1 heterocycles. The molecule has 0 aromatic heterocycles. The van der Waals surface area contributed by atoms with Crippen LogP contribution in [0.3, 0.4) is 0 Å². The Kier molecular flexibility index (Phi) is 3.95. The number of nitrogen functional groups attached to an aromatic ring is 1. The molecular formula is C17H19ClN2. The predicted octanol–water partition coefficient (Wildman–Crippen LogP) is 4.26. The van der Waals surface area contributed by atoms with Gasteiger partial charge in [0.2, 0.25) is 0 Å². The van der Waals surface area contributed by atoms with E-state index in [0.717, 1.165) is 13.1 Å². The number of nitrogens with zero attached hydrogens (tertiary/aromatic N) is 1. The fourth-order valence-corrected chi connectivity index (χ4v) is 3.11. The molecule has 1 saturated heterocycles. The Morgan fingerprint density at radius 2 is 1.95 bits per heavy atom. The normalized spacial score (nSPS) is 19.4. The third-order valence-electron chi connectivity index (χ3n) is 3.99. The maximum Gasteiger partial charge on any atom is 0.0635 e. The topological polar surface area (TPSA) is 29.3 Å². The summed E-state index contributed by atoms with van der Waals surface area (Å²) < 4.78 is 0.